The molecule has 0 bridgehead atoms. The first-order valence-corrected chi connectivity index (χ1v) is 11.0. The fourth-order valence-electron chi connectivity index (χ4n) is 4.65. The summed E-state index contributed by atoms with van der Waals surface area (Å²) in [6, 6.07) is 5.58. The van der Waals surface area contributed by atoms with E-state index < -0.39 is 17.6 Å². The fourth-order valence-corrected chi connectivity index (χ4v) is 4.65. The van der Waals surface area contributed by atoms with E-state index in [1.807, 2.05) is 27.0 Å². The molecule has 3 atom stereocenters. The first-order chi connectivity index (χ1) is 15.5. The van der Waals surface area contributed by atoms with Crippen molar-refractivity contribution in [1.29, 1.82) is 0 Å². The Morgan fingerprint density at radius 3 is 2.55 bits per heavy atom. The Labute approximate surface area is 189 Å². The molecule has 3 aromatic rings. The van der Waals surface area contributed by atoms with Crippen molar-refractivity contribution in [3.63, 3.8) is 0 Å². The second-order valence-electron chi connectivity index (χ2n) is 8.69. The fraction of sp³-hybridized carbons (Fsp3) is 0.478. The minimum absolute atomic E-state index is 0.000833. The molecule has 1 saturated heterocycles. The van der Waals surface area contributed by atoms with Crippen LogP contribution in [0.15, 0.2) is 41.3 Å². The summed E-state index contributed by atoms with van der Waals surface area (Å²) in [6.07, 6.45) is -1.98. The highest BCUT2D eigenvalue weighted by Crippen LogP contribution is 2.34. The van der Waals surface area contributed by atoms with Gasteiger partial charge < -0.3 is 4.57 Å². The van der Waals surface area contributed by atoms with Crippen molar-refractivity contribution in [2.75, 3.05) is 18.1 Å². The lowest BCUT2D eigenvalue weighted by molar-refractivity contribution is -0.137. The molecule has 6 nitrogen and oxygen atoms in total. The molecular formula is C23H27F4N5O. The summed E-state index contributed by atoms with van der Waals surface area (Å²) in [5, 5.41) is 6.73. The average molecular weight is 465 g/mol. The summed E-state index contributed by atoms with van der Waals surface area (Å²) in [5.74, 6) is -0.846. The normalized spacial score (nSPS) is 21.0. The molecule has 2 aromatic heterocycles. The zero-order chi connectivity index (χ0) is 24.1. The van der Waals surface area contributed by atoms with Crippen molar-refractivity contribution in [2.24, 2.45) is 7.05 Å². The van der Waals surface area contributed by atoms with Crippen LogP contribution in [0.1, 0.15) is 44.4 Å². The van der Waals surface area contributed by atoms with Crippen LogP contribution in [0.3, 0.4) is 0 Å². The summed E-state index contributed by atoms with van der Waals surface area (Å²) in [4.78, 5) is 15.9. The number of aryl methyl sites for hydroxylation is 1. The van der Waals surface area contributed by atoms with E-state index in [1.165, 1.54) is 12.1 Å². The summed E-state index contributed by atoms with van der Waals surface area (Å²) < 4.78 is 55.0. The molecular weight excluding hydrogens is 438 g/mol. The second-order valence-corrected chi connectivity index (χ2v) is 8.69. The number of piperazine rings is 1. The van der Waals surface area contributed by atoms with E-state index in [0.717, 1.165) is 18.0 Å². The van der Waals surface area contributed by atoms with Crippen LogP contribution in [0.4, 0.5) is 17.6 Å². The van der Waals surface area contributed by atoms with Crippen LogP contribution >= 0.6 is 0 Å². The van der Waals surface area contributed by atoms with Gasteiger partial charge in [-0.15, -0.1) is 0 Å². The zero-order valence-electron chi connectivity index (χ0n) is 19.0. The van der Waals surface area contributed by atoms with E-state index in [2.05, 4.69) is 15.0 Å². The van der Waals surface area contributed by atoms with E-state index >= 15 is 0 Å². The van der Waals surface area contributed by atoms with Crippen molar-refractivity contribution in [2.45, 2.75) is 51.5 Å². The Morgan fingerprint density at radius 1 is 1.18 bits per heavy atom. The molecule has 1 aliphatic heterocycles. The Kier molecular flexibility index (Phi) is 5.98. The lowest BCUT2D eigenvalue weighted by Crippen LogP contribution is -2.61. The third kappa shape index (κ3) is 4.23. The van der Waals surface area contributed by atoms with Crippen molar-refractivity contribution in [3.8, 4) is 0 Å². The molecule has 1 aliphatic rings. The average Bonchev–Trinajstić information content (AvgIpc) is 3.20. The van der Waals surface area contributed by atoms with Crippen LogP contribution in [0.25, 0.3) is 11.0 Å². The van der Waals surface area contributed by atoms with Crippen LogP contribution < -0.4 is 10.6 Å². The highest BCUT2D eigenvalue weighted by Gasteiger charge is 2.36. The van der Waals surface area contributed by atoms with Gasteiger partial charge in [0.05, 0.1) is 29.9 Å². The van der Waals surface area contributed by atoms with E-state index in [0.29, 0.717) is 24.7 Å². The second kappa shape index (κ2) is 8.48. The van der Waals surface area contributed by atoms with Crippen LogP contribution in [0.5, 0.6) is 0 Å². The number of benzene rings is 1. The van der Waals surface area contributed by atoms with Gasteiger partial charge in [0.25, 0.3) is 5.56 Å². The van der Waals surface area contributed by atoms with Gasteiger partial charge in [-0.25, -0.2) is 4.39 Å². The number of halogens is 4. The number of alkyl halides is 3. The zero-order valence-corrected chi connectivity index (χ0v) is 19.0. The number of fused-ring (bicyclic) bond motifs is 1. The van der Waals surface area contributed by atoms with E-state index in [-0.39, 0.29) is 29.2 Å². The van der Waals surface area contributed by atoms with Crippen molar-refractivity contribution in [1.82, 2.24) is 19.4 Å². The minimum atomic E-state index is -4.58. The lowest BCUT2D eigenvalue weighted by atomic mass is 9.98. The molecule has 0 spiro atoms. The number of hydrogen-bond acceptors (Lipinski definition) is 4. The van der Waals surface area contributed by atoms with Crippen LogP contribution in [-0.2, 0) is 13.2 Å². The van der Waals surface area contributed by atoms with Crippen LogP contribution in [0, 0.1) is 5.82 Å². The maximum Gasteiger partial charge on any atom is 0.416 e. The van der Waals surface area contributed by atoms with Crippen LogP contribution in [0.2, 0.25) is 0 Å². The molecule has 1 aromatic carbocycles. The molecule has 1 fully saturated rings. The maximum atomic E-state index is 14.7. The first-order valence-electron chi connectivity index (χ1n) is 11.0. The summed E-state index contributed by atoms with van der Waals surface area (Å²) >= 11 is 0. The van der Waals surface area contributed by atoms with Crippen LogP contribution in [-0.4, -0.2) is 44.5 Å². The molecule has 0 aliphatic carbocycles. The van der Waals surface area contributed by atoms with E-state index in [1.54, 1.807) is 22.5 Å². The summed E-state index contributed by atoms with van der Waals surface area (Å²) in [6.45, 7) is 7.07. The van der Waals surface area contributed by atoms with Gasteiger partial charge in [0.2, 0.25) is 0 Å². The van der Waals surface area contributed by atoms with Gasteiger partial charge in [0.15, 0.2) is 0 Å². The van der Waals surface area contributed by atoms with E-state index in [9.17, 15) is 22.4 Å². The number of pyridine rings is 1. The van der Waals surface area contributed by atoms with Gasteiger partial charge in [-0.1, -0.05) is 13.0 Å². The van der Waals surface area contributed by atoms with Gasteiger partial charge in [-0.05, 0) is 38.5 Å². The van der Waals surface area contributed by atoms with Crippen molar-refractivity contribution in [3.05, 3.63) is 63.8 Å². The topological polar surface area (TPSA) is 46.3 Å². The highest BCUT2D eigenvalue weighted by molar-refractivity contribution is 5.73. The Bertz CT molecular complexity index is 1220. The predicted octanol–water partition coefficient (Wildman–Crippen LogP) is 4.07. The van der Waals surface area contributed by atoms with E-state index in [4.69, 9.17) is 0 Å². The van der Waals surface area contributed by atoms with Gasteiger partial charge in [-0.2, -0.15) is 23.1 Å². The van der Waals surface area contributed by atoms with Gasteiger partial charge >= 0.3 is 6.18 Å². The lowest BCUT2D eigenvalue weighted by Gasteiger charge is -2.48. The predicted molar refractivity (Wildman–Crippen MR) is 118 cm³/mol. The Balaban J connectivity index is 1.60. The van der Waals surface area contributed by atoms with Gasteiger partial charge in [0, 0.05) is 37.3 Å². The number of hydrogen-bond donors (Lipinski definition) is 0. The molecule has 178 valence electrons. The number of nitrogens with zero attached hydrogens (tertiary/aromatic N) is 5. The largest absolute Gasteiger partial charge is 0.416 e. The maximum absolute atomic E-state index is 14.7. The van der Waals surface area contributed by atoms with Gasteiger partial charge in [-0.3, -0.25) is 14.7 Å². The molecule has 0 amide bonds. The molecule has 0 N–H and O–H groups in total. The molecule has 0 saturated carbocycles. The van der Waals surface area contributed by atoms with Crippen molar-refractivity contribution >= 4 is 11.0 Å². The SMILES string of the molecule is CC[C@@H]1CN(n2cc3c(ccc(=O)n3C)n2)[C@@H](C)CN1C(C)c1ccc(C(F)(F)F)cc1F. The minimum Gasteiger partial charge on any atom is -0.308 e. The molecule has 0 radical (unpaired) electrons. The quantitative estimate of drug-likeness (QED) is 0.545. The molecule has 33 heavy (non-hydrogen) atoms. The number of aromatic nitrogens is 3. The standard InChI is InChI=1S/C23H27F4N5O/c1-5-17-12-31(32-13-21-20(28-32)8-9-22(33)29(21)4)14(2)11-30(17)15(3)18-7-6-16(10-19(18)24)23(25,26)27/h6-10,13-15,17H,5,11-12H2,1-4H3/t14-,15?,17+/m0/s1. The highest BCUT2D eigenvalue weighted by atomic mass is 19.4. The summed E-state index contributed by atoms with van der Waals surface area (Å²) in [7, 11) is 1.70. The van der Waals surface area contributed by atoms with Gasteiger partial charge in [0.1, 0.15) is 11.3 Å². The first kappa shape index (κ1) is 23.3. The molecule has 4 rings (SSSR count). The molecule has 1 unspecified atom stereocenters. The number of rotatable bonds is 4. The third-order valence-corrected chi connectivity index (χ3v) is 6.65. The summed E-state index contributed by atoms with van der Waals surface area (Å²) in [5.41, 5.74) is 0.590. The molecule has 10 heteroatoms. The molecule has 3 heterocycles. The van der Waals surface area contributed by atoms with Crippen molar-refractivity contribution < 1.29 is 17.6 Å². The third-order valence-electron chi connectivity index (χ3n) is 6.65. The Hall–Kier alpha value is -2.88. The Morgan fingerprint density at radius 2 is 1.91 bits per heavy atom. The monoisotopic (exact) mass is 465 g/mol. The smallest absolute Gasteiger partial charge is 0.308 e.